The summed E-state index contributed by atoms with van der Waals surface area (Å²) in [4.78, 5) is 2.95. The Balaban J connectivity index is 1.62. The molecule has 1 aromatic carbocycles. The van der Waals surface area contributed by atoms with Crippen LogP contribution in [0.15, 0.2) is 35.5 Å². The van der Waals surface area contributed by atoms with Gasteiger partial charge in [0.2, 0.25) is 0 Å². The van der Waals surface area contributed by atoms with Gasteiger partial charge in [-0.3, -0.25) is 0 Å². The second-order valence-corrected chi connectivity index (χ2v) is 6.48. The SMILES string of the molecule is NC(=NO)c1ccccc1CNCc1cc2c(s1)CCC2. The molecule has 0 saturated carbocycles. The summed E-state index contributed by atoms with van der Waals surface area (Å²) >= 11 is 1.92. The second kappa shape index (κ2) is 6.28. The summed E-state index contributed by atoms with van der Waals surface area (Å²) in [6, 6.07) is 10.0. The predicted octanol–water partition coefficient (Wildman–Crippen LogP) is 2.62. The standard InChI is InChI=1S/C16H19N3OS/c17-16(19-20)14-6-2-1-4-12(14)9-18-10-13-8-11-5-3-7-15(11)21-13/h1-2,4,6,8,18,20H,3,5,7,9-10H2,(H2,17,19). The quantitative estimate of drug-likeness (QED) is 0.344. The van der Waals surface area contributed by atoms with E-state index in [0.717, 1.165) is 17.7 Å². The molecule has 1 aliphatic rings. The number of nitrogens with one attached hydrogen (secondary N) is 1. The number of nitrogens with two attached hydrogens (primary N) is 1. The molecule has 4 nitrogen and oxygen atoms in total. The molecule has 0 radical (unpaired) electrons. The number of benzene rings is 1. The van der Waals surface area contributed by atoms with Crippen molar-refractivity contribution >= 4 is 17.2 Å². The van der Waals surface area contributed by atoms with Crippen molar-refractivity contribution in [2.45, 2.75) is 32.4 Å². The van der Waals surface area contributed by atoms with E-state index < -0.39 is 0 Å². The van der Waals surface area contributed by atoms with Crippen molar-refractivity contribution in [1.29, 1.82) is 0 Å². The van der Waals surface area contributed by atoms with E-state index in [1.807, 2.05) is 35.6 Å². The Bertz CT molecular complexity index is 642. The number of oxime groups is 1. The highest BCUT2D eigenvalue weighted by Gasteiger charge is 2.14. The smallest absolute Gasteiger partial charge is 0.170 e. The van der Waals surface area contributed by atoms with Gasteiger partial charge in [0.15, 0.2) is 5.84 Å². The van der Waals surface area contributed by atoms with Crippen molar-refractivity contribution in [1.82, 2.24) is 5.32 Å². The van der Waals surface area contributed by atoms with Gasteiger partial charge in [0.25, 0.3) is 0 Å². The third-order valence-corrected chi connectivity index (χ3v) is 5.05. The van der Waals surface area contributed by atoms with Crippen LogP contribution >= 0.6 is 11.3 Å². The molecule has 0 fully saturated rings. The van der Waals surface area contributed by atoms with Gasteiger partial charge >= 0.3 is 0 Å². The molecule has 0 amide bonds. The zero-order chi connectivity index (χ0) is 14.7. The monoisotopic (exact) mass is 301 g/mol. The third kappa shape index (κ3) is 3.09. The number of hydrogen-bond donors (Lipinski definition) is 3. The number of hydrogen-bond acceptors (Lipinski definition) is 4. The van der Waals surface area contributed by atoms with Gasteiger partial charge in [-0.2, -0.15) is 0 Å². The lowest BCUT2D eigenvalue weighted by Gasteiger charge is -2.09. The minimum Gasteiger partial charge on any atom is -0.409 e. The zero-order valence-corrected chi connectivity index (χ0v) is 12.6. The maximum absolute atomic E-state index is 8.83. The van der Waals surface area contributed by atoms with Gasteiger partial charge in [0.05, 0.1) is 0 Å². The zero-order valence-electron chi connectivity index (χ0n) is 11.8. The fourth-order valence-electron chi connectivity index (χ4n) is 2.78. The normalized spacial score (nSPS) is 14.4. The molecule has 1 aliphatic carbocycles. The van der Waals surface area contributed by atoms with Crippen molar-refractivity contribution in [3.8, 4) is 0 Å². The van der Waals surface area contributed by atoms with Crippen LogP contribution in [0.1, 0.15) is 32.9 Å². The van der Waals surface area contributed by atoms with Gasteiger partial charge in [0, 0.05) is 28.4 Å². The van der Waals surface area contributed by atoms with Gasteiger partial charge < -0.3 is 16.3 Å². The van der Waals surface area contributed by atoms with E-state index in [-0.39, 0.29) is 5.84 Å². The average molecular weight is 301 g/mol. The van der Waals surface area contributed by atoms with Crippen molar-refractivity contribution in [2.24, 2.45) is 10.9 Å². The van der Waals surface area contributed by atoms with Crippen molar-refractivity contribution in [3.05, 3.63) is 56.8 Å². The lowest BCUT2D eigenvalue weighted by Crippen LogP contribution is -2.19. The molecule has 3 rings (SSSR count). The highest BCUT2D eigenvalue weighted by molar-refractivity contribution is 7.12. The molecule has 110 valence electrons. The Morgan fingerprint density at radius 2 is 2.14 bits per heavy atom. The molecule has 2 aromatic rings. The largest absolute Gasteiger partial charge is 0.409 e. The van der Waals surface area contributed by atoms with Gasteiger partial charge in [0.1, 0.15) is 0 Å². The Kier molecular flexibility index (Phi) is 4.22. The minimum absolute atomic E-state index is 0.155. The first-order valence-electron chi connectivity index (χ1n) is 7.15. The van der Waals surface area contributed by atoms with Crippen LogP contribution in [0.3, 0.4) is 0 Å². The molecule has 0 unspecified atom stereocenters. The molecule has 1 aromatic heterocycles. The van der Waals surface area contributed by atoms with Crippen molar-refractivity contribution in [3.63, 3.8) is 0 Å². The molecule has 21 heavy (non-hydrogen) atoms. The summed E-state index contributed by atoms with van der Waals surface area (Å²) in [7, 11) is 0. The van der Waals surface area contributed by atoms with Gasteiger partial charge in [-0.05, 0) is 36.5 Å². The number of thiophene rings is 1. The van der Waals surface area contributed by atoms with E-state index in [0.29, 0.717) is 6.54 Å². The first kappa shape index (κ1) is 14.1. The topological polar surface area (TPSA) is 70.6 Å². The van der Waals surface area contributed by atoms with Crippen LogP contribution < -0.4 is 11.1 Å². The van der Waals surface area contributed by atoms with Gasteiger partial charge in [-0.1, -0.05) is 29.4 Å². The van der Waals surface area contributed by atoms with Crippen LogP contribution in [0.25, 0.3) is 0 Å². The highest BCUT2D eigenvalue weighted by Crippen LogP contribution is 2.30. The number of rotatable bonds is 5. The van der Waals surface area contributed by atoms with Gasteiger partial charge in [-0.15, -0.1) is 11.3 Å². The lowest BCUT2D eigenvalue weighted by molar-refractivity contribution is 0.318. The average Bonchev–Trinajstić information content (AvgIpc) is 3.08. The molecule has 5 heteroatoms. The predicted molar refractivity (Wildman–Crippen MR) is 85.8 cm³/mol. The van der Waals surface area contributed by atoms with E-state index in [2.05, 4.69) is 16.5 Å². The maximum atomic E-state index is 8.83. The Morgan fingerprint density at radius 1 is 1.29 bits per heavy atom. The molecule has 0 atom stereocenters. The van der Waals surface area contributed by atoms with Crippen LogP contribution in [-0.4, -0.2) is 11.0 Å². The molecule has 0 bridgehead atoms. The van der Waals surface area contributed by atoms with Crippen LogP contribution in [-0.2, 0) is 25.9 Å². The number of nitrogens with zero attached hydrogens (tertiary/aromatic N) is 1. The van der Waals surface area contributed by atoms with E-state index in [1.165, 1.54) is 29.7 Å². The van der Waals surface area contributed by atoms with Crippen molar-refractivity contribution in [2.75, 3.05) is 0 Å². The third-order valence-electron chi connectivity index (χ3n) is 3.81. The maximum Gasteiger partial charge on any atom is 0.170 e. The molecular formula is C16H19N3OS. The van der Waals surface area contributed by atoms with E-state index in [1.54, 1.807) is 4.88 Å². The fourth-order valence-corrected chi connectivity index (χ4v) is 4.01. The minimum atomic E-state index is 0.155. The van der Waals surface area contributed by atoms with Gasteiger partial charge in [-0.25, -0.2) is 0 Å². The van der Waals surface area contributed by atoms with Crippen LogP contribution in [0.5, 0.6) is 0 Å². The Labute approximate surface area is 128 Å². The molecule has 1 heterocycles. The van der Waals surface area contributed by atoms with E-state index >= 15 is 0 Å². The summed E-state index contributed by atoms with van der Waals surface area (Å²) in [5.74, 6) is 0.155. The molecule has 0 saturated heterocycles. The number of aryl methyl sites for hydroxylation is 2. The lowest BCUT2D eigenvalue weighted by atomic mass is 10.1. The van der Waals surface area contributed by atoms with Crippen LogP contribution in [0.4, 0.5) is 0 Å². The molecule has 0 spiro atoms. The molecule has 0 aliphatic heterocycles. The first-order chi connectivity index (χ1) is 10.3. The van der Waals surface area contributed by atoms with Crippen molar-refractivity contribution < 1.29 is 5.21 Å². The fraction of sp³-hybridized carbons (Fsp3) is 0.312. The summed E-state index contributed by atoms with van der Waals surface area (Å²) in [6.45, 7) is 1.57. The summed E-state index contributed by atoms with van der Waals surface area (Å²) in [5, 5.41) is 15.4. The van der Waals surface area contributed by atoms with E-state index in [4.69, 9.17) is 10.9 Å². The molecule has 4 N–H and O–H groups in total. The van der Waals surface area contributed by atoms with Crippen LogP contribution in [0.2, 0.25) is 0 Å². The van der Waals surface area contributed by atoms with E-state index in [9.17, 15) is 0 Å². The summed E-state index contributed by atoms with van der Waals surface area (Å²) in [5.41, 5.74) is 9.05. The summed E-state index contributed by atoms with van der Waals surface area (Å²) < 4.78 is 0. The Morgan fingerprint density at radius 3 is 2.95 bits per heavy atom. The highest BCUT2D eigenvalue weighted by atomic mass is 32.1. The second-order valence-electron chi connectivity index (χ2n) is 5.26. The number of amidine groups is 1. The number of fused-ring (bicyclic) bond motifs is 1. The Hall–Kier alpha value is -1.85. The first-order valence-corrected chi connectivity index (χ1v) is 7.96. The summed E-state index contributed by atoms with van der Waals surface area (Å²) in [6.07, 6.45) is 3.78. The van der Waals surface area contributed by atoms with Crippen LogP contribution in [0, 0.1) is 0 Å². The molecular weight excluding hydrogens is 282 g/mol.